The molecule has 0 aromatic carbocycles. The third-order valence-electron chi connectivity index (χ3n) is 7.98. The Morgan fingerprint density at radius 2 is 1.75 bits per heavy atom. The maximum absolute atomic E-state index is 12.5. The SMILES string of the molecule is COC1=C2[C@H](O)C[C@@H]3[C@H](CC[C@]4(C)C(=O)CC[C@@H]34)[C@@]2(C)CCC1=O. The lowest BCUT2D eigenvalue weighted by Gasteiger charge is -2.58. The Hall–Kier alpha value is -1.16. The molecule has 0 spiro atoms. The third-order valence-corrected chi connectivity index (χ3v) is 7.98. The van der Waals surface area contributed by atoms with Crippen LogP contribution in [0.4, 0.5) is 0 Å². The van der Waals surface area contributed by atoms with E-state index in [2.05, 4.69) is 13.8 Å². The molecule has 4 aliphatic carbocycles. The fourth-order valence-corrected chi connectivity index (χ4v) is 6.73. The molecule has 0 amide bonds. The van der Waals surface area contributed by atoms with E-state index in [0.29, 0.717) is 48.6 Å². The predicted molar refractivity (Wildman–Crippen MR) is 89.1 cm³/mol. The summed E-state index contributed by atoms with van der Waals surface area (Å²) in [4.78, 5) is 24.7. The van der Waals surface area contributed by atoms with E-state index < -0.39 is 6.10 Å². The zero-order chi connectivity index (χ0) is 17.3. The van der Waals surface area contributed by atoms with Gasteiger partial charge >= 0.3 is 0 Å². The van der Waals surface area contributed by atoms with Crippen LogP contribution in [0, 0.1) is 28.6 Å². The van der Waals surface area contributed by atoms with Gasteiger partial charge in [0.05, 0.1) is 13.2 Å². The minimum Gasteiger partial charge on any atom is -0.493 e. The van der Waals surface area contributed by atoms with Crippen molar-refractivity contribution in [1.29, 1.82) is 0 Å². The standard InChI is InChI=1S/C20H28O4/c1-19-8-6-13-11(12(19)4-5-16(19)23)10-15(22)17-18(24-3)14(21)7-9-20(13,17)2/h11-13,15,22H,4-10H2,1-3H3/t11-,12-,13-,15+,19-,20+/m0/s1. The largest absolute Gasteiger partial charge is 0.493 e. The Morgan fingerprint density at radius 1 is 1.04 bits per heavy atom. The number of methoxy groups -OCH3 is 1. The first-order chi connectivity index (χ1) is 11.3. The van der Waals surface area contributed by atoms with Crippen LogP contribution in [-0.4, -0.2) is 29.9 Å². The van der Waals surface area contributed by atoms with Gasteiger partial charge in [-0.05, 0) is 55.3 Å². The zero-order valence-corrected chi connectivity index (χ0v) is 14.9. The summed E-state index contributed by atoms with van der Waals surface area (Å²) in [7, 11) is 1.54. The molecule has 0 aromatic rings. The second kappa shape index (κ2) is 5.17. The summed E-state index contributed by atoms with van der Waals surface area (Å²) in [5.41, 5.74) is 0.483. The van der Waals surface area contributed by atoms with Gasteiger partial charge in [-0.3, -0.25) is 9.59 Å². The number of aliphatic hydroxyl groups is 1. The average Bonchev–Trinajstić information content (AvgIpc) is 2.84. The first kappa shape index (κ1) is 16.3. The highest BCUT2D eigenvalue weighted by Gasteiger charge is 2.61. The average molecular weight is 332 g/mol. The predicted octanol–water partition coefficient (Wildman–Crippen LogP) is 3.03. The number of ketones is 2. The van der Waals surface area contributed by atoms with Crippen molar-refractivity contribution in [1.82, 2.24) is 0 Å². The van der Waals surface area contributed by atoms with Crippen LogP contribution in [0.1, 0.15) is 58.8 Å². The Morgan fingerprint density at radius 3 is 2.46 bits per heavy atom. The van der Waals surface area contributed by atoms with Gasteiger partial charge < -0.3 is 9.84 Å². The lowest BCUT2D eigenvalue weighted by Crippen LogP contribution is -2.54. The molecule has 0 aliphatic heterocycles. The van der Waals surface area contributed by atoms with E-state index >= 15 is 0 Å². The lowest BCUT2D eigenvalue weighted by molar-refractivity contribution is -0.135. The lowest BCUT2D eigenvalue weighted by atomic mass is 9.47. The number of hydrogen-bond acceptors (Lipinski definition) is 4. The summed E-state index contributed by atoms with van der Waals surface area (Å²) in [5.74, 6) is 2.07. The molecule has 0 bridgehead atoms. The van der Waals surface area contributed by atoms with E-state index in [-0.39, 0.29) is 16.6 Å². The summed E-state index contributed by atoms with van der Waals surface area (Å²) in [6.45, 7) is 4.36. The summed E-state index contributed by atoms with van der Waals surface area (Å²) >= 11 is 0. The van der Waals surface area contributed by atoms with Crippen LogP contribution in [0.2, 0.25) is 0 Å². The van der Waals surface area contributed by atoms with Crippen molar-refractivity contribution in [2.24, 2.45) is 28.6 Å². The van der Waals surface area contributed by atoms with E-state index in [1.54, 1.807) is 7.11 Å². The molecule has 4 rings (SSSR count). The number of fused-ring (bicyclic) bond motifs is 5. The smallest absolute Gasteiger partial charge is 0.197 e. The molecule has 4 heteroatoms. The number of hydrogen-bond donors (Lipinski definition) is 1. The van der Waals surface area contributed by atoms with Crippen molar-refractivity contribution in [3.63, 3.8) is 0 Å². The fourth-order valence-electron chi connectivity index (χ4n) is 6.73. The van der Waals surface area contributed by atoms with Crippen molar-refractivity contribution in [3.8, 4) is 0 Å². The van der Waals surface area contributed by atoms with Crippen molar-refractivity contribution >= 4 is 11.6 Å². The summed E-state index contributed by atoms with van der Waals surface area (Å²) in [6.07, 6.45) is 4.98. The molecule has 0 unspecified atom stereocenters. The van der Waals surface area contributed by atoms with Crippen molar-refractivity contribution in [3.05, 3.63) is 11.3 Å². The molecule has 0 saturated heterocycles. The molecule has 1 N–H and O–H groups in total. The maximum atomic E-state index is 12.5. The highest BCUT2D eigenvalue weighted by atomic mass is 16.5. The van der Waals surface area contributed by atoms with Gasteiger partial charge in [0.1, 0.15) is 5.78 Å². The molecule has 0 heterocycles. The minimum absolute atomic E-state index is 0.0270. The fraction of sp³-hybridized carbons (Fsp3) is 0.800. The van der Waals surface area contributed by atoms with Crippen LogP contribution in [0.5, 0.6) is 0 Å². The van der Waals surface area contributed by atoms with Gasteiger partial charge in [-0.15, -0.1) is 0 Å². The molecular weight excluding hydrogens is 304 g/mol. The van der Waals surface area contributed by atoms with Crippen molar-refractivity contribution in [2.45, 2.75) is 64.9 Å². The van der Waals surface area contributed by atoms with Gasteiger partial charge in [-0.2, -0.15) is 0 Å². The summed E-state index contributed by atoms with van der Waals surface area (Å²) in [6, 6.07) is 0. The van der Waals surface area contributed by atoms with E-state index in [9.17, 15) is 14.7 Å². The number of carbonyl (C=O) groups excluding carboxylic acids is 2. The number of rotatable bonds is 1. The van der Waals surface area contributed by atoms with Crippen molar-refractivity contribution in [2.75, 3.05) is 7.11 Å². The van der Waals surface area contributed by atoms with E-state index in [1.165, 1.54) is 0 Å². The monoisotopic (exact) mass is 332 g/mol. The highest BCUT2D eigenvalue weighted by molar-refractivity contribution is 5.95. The normalized spacial score (nSPS) is 48.0. The number of aliphatic hydroxyl groups excluding tert-OH is 1. The zero-order valence-electron chi connectivity index (χ0n) is 14.9. The third kappa shape index (κ3) is 1.89. The molecule has 0 aromatic heterocycles. The molecule has 3 fully saturated rings. The molecule has 4 aliphatic rings. The molecular formula is C20H28O4. The topological polar surface area (TPSA) is 63.6 Å². The second-order valence-corrected chi connectivity index (χ2v) is 8.83. The Bertz CT molecular complexity index is 636. The van der Waals surface area contributed by atoms with Crippen LogP contribution in [0.15, 0.2) is 11.3 Å². The van der Waals surface area contributed by atoms with Crippen LogP contribution >= 0.6 is 0 Å². The molecule has 132 valence electrons. The van der Waals surface area contributed by atoms with Crippen LogP contribution in [0.25, 0.3) is 0 Å². The van der Waals surface area contributed by atoms with Crippen LogP contribution in [-0.2, 0) is 14.3 Å². The molecule has 6 atom stereocenters. The maximum Gasteiger partial charge on any atom is 0.197 e. The van der Waals surface area contributed by atoms with Gasteiger partial charge in [0.25, 0.3) is 0 Å². The Labute approximate surface area is 143 Å². The quantitative estimate of drug-likeness (QED) is 0.802. The first-order valence-electron chi connectivity index (χ1n) is 9.36. The van der Waals surface area contributed by atoms with Crippen LogP contribution in [0.3, 0.4) is 0 Å². The van der Waals surface area contributed by atoms with Crippen molar-refractivity contribution < 1.29 is 19.4 Å². The Kier molecular flexibility index (Phi) is 3.51. The first-order valence-corrected chi connectivity index (χ1v) is 9.36. The van der Waals surface area contributed by atoms with Gasteiger partial charge in [0, 0.05) is 23.8 Å². The van der Waals surface area contributed by atoms with Gasteiger partial charge in [0.2, 0.25) is 0 Å². The number of carbonyl (C=O) groups is 2. The number of ether oxygens (including phenoxy) is 1. The summed E-state index contributed by atoms with van der Waals surface area (Å²) in [5, 5.41) is 10.9. The van der Waals surface area contributed by atoms with E-state index in [1.807, 2.05) is 0 Å². The highest BCUT2D eigenvalue weighted by Crippen LogP contribution is 2.64. The van der Waals surface area contributed by atoms with Gasteiger partial charge in [-0.1, -0.05) is 13.8 Å². The molecule has 0 radical (unpaired) electrons. The van der Waals surface area contributed by atoms with Gasteiger partial charge in [0.15, 0.2) is 11.5 Å². The number of Topliss-reactive ketones (excluding diaryl/α,β-unsaturated/α-hetero) is 2. The molecule has 24 heavy (non-hydrogen) atoms. The molecule has 3 saturated carbocycles. The minimum atomic E-state index is -0.617. The second-order valence-electron chi connectivity index (χ2n) is 8.83. The Balaban J connectivity index is 1.78. The summed E-state index contributed by atoms with van der Waals surface area (Å²) < 4.78 is 5.43. The van der Waals surface area contributed by atoms with E-state index in [0.717, 1.165) is 31.3 Å². The molecule has 4 nitrogen and oxygen atoms in total. The van der Waals surface area contributed by atoms with Crippen LogP contribution < -0.4 is 0 Å². The van der Waals surface area contributed by atoms with Gasteiger partial charge in [-0.25, -0.2) is 0 Å². The van der Waals surface area contributed by atoms with E-state index in [4.69, 9.17) is 4.74 Å².